The predicted molar refractivity (Wildman–Crippen MR) is 303 cm³/mol. The number of nitrogens with one attached hydrogen (secondary N) is 2. The van der Waals surface area contributed by atoms with Gasteiger partial charge in [0.05, 0.1) is 68.1 Å². The van der Waals surface area contributed by atoms with E-state index in [1.165, 1.54) is 11.0 Å². The highest BCUT2D eigenvalue weighted by Crippen LogP contribution is 2.36. The molecule has 414 valence electrons. The number of aromatic nitrogens is 3. The van der Waals surface area contributed by atoms with Gasteiger partial charge < -0.3 is 39.4 Å². The summed E-state index contributed by atoms with van der Waals surface area (Å²) >= 11 is 0. The summed E-state index contributed by atoms with van der Waals surface area (Å²) in [5.41, 5.74) is 10.2. The molecule has 1 amide bonds. The number of hydrazine groups is 1. The van der Waals surface area contributed by atoms with Gasteiger partial charge >= 0.3 is 0 Å². The van der Waals surface area contributed by atoms with Gasteiger partial charge in [0.25, 0.3) is 0 Å². The summed E-state index contributed by atoms with van der Waals surface area (Å²) in [7, 11) is 1.56. The second-order valence-electron chi connectivity index (χ2n) is 20.6. The maximum Gasteiger partial charge on any atom is 0.245 e. The summed E-state index contributed by atoms with van der Waals surface area (Å²) in [6.07, 6.45) is 7.25. The number of phenolic OH excluding ortho intramolecular Hbond substituents is 1. The van der Waals surface area contributed by atoms with Gasteiger partial charge in [0.15, 0.2) is 5.82 Å². The number of hydrogen-bond donors (Lipinski definition) is 3. The molecule has 2 saturated heterocycles. The number of fused-ring (bicyclic) bond motifs is 8. The Morgan fingerprint density at radius 2 is 1.64 bits per heavy atom. The molecule has 3 aromatic carbocycles. The maximum atomic E-state index is 13.1. The van der Waals surface area contributed by atoms with Crippen LogP contribution in [0.3, 0.4) is 0 Å². The van der Waals surface area contributed by atoms with Crippen molar-refractivity contribution < 1.29 is 24.1 Å². The van der Waals surface area contributed by atoms with Gasteiger partial charge in [0, 0.05) is 109 Å². The van der Waals surface area contributed by atoms with E-state index in [1.54, 1.807) is 13.1 Å². The van der Waals surface area contributed by atoms with Crippen LogP contribution in [-0.2, 0) is 20.8 Å². The molecule has 2 fully saturated rings. The first-order valence-electron chi connectivity index (χ1n) is 27.3. The Balaban J connectivity index is 0.644. The summed E-state index contributed by atoms with van der Waals surface area (Å²) in [5, 5.41) is 27.4. The first kappa shape index (κ1) is 55.6. The molecule has 21 nitrogen and oxygen atoms in total. The second kappa shape index (κ2) is 27.0. The van der Waals surface area contributed by atoms with Gasteiger partial charge in [-0.25, -0.2) is 14.9 Å². The number of rotatable bonds is 19. The van der Waals surface area contributed by atoms with Gasteiger partial charge in [-0.1, -0.05) is 32.6 Å². The number of phenols is 1. The van der Waals surface area contributed by atoms with E-state index >= 15 is 0 Å². The van der Waals surface area contributed by atoms with Crippen LogP contribution in [0.2, 0.25) is 0 Å². The van der Waals surface area contributed by atoms with E-state index < -0.39 is 0 Å². The molecule has 78 heavy (non-hydrogen) atoms. The minimum absolute atomic E-state index is 0.0506. The smallest absolute Gasteiger partial charge is 0.245 e. The summed E-state index contributed by atoms with van der Waals surface area (Å²) in [4.78, 5) is 56.4. The Morgan fingerprint density at radius 3 is 2.37 bits per heavy atom. The lowest BCUT2D eigenvalue weighted by molar-refractivity contribution is -0.134. The number of aliphatic imine (C=N–C) groups is 1. The number of piperazine rings is 1. The quantitative estimate of drug-likeness (QED) is 0.0319. The van der Waals surface area contributed by atoms with Crippen LogP contribution >= 0.6 is 0 Å². The van der Waals surface area contributed by atoms with E-state index in [1.807, 2.05) is 71.9 Å². The van der Waals surface area contributed by atoms with Crippen LogP contribution < -0.4 is 20.4 Å². The Labute approximate surface area is 456 Å². The van der Waals surface area contributed by atoms with E-state index in [0.717, 1.165) is 132 Å². The van der Waals surface area contributed by atoms with E-state index in [0.29, 0.717) is 74.7 Å². The third kappa shape index (κ3) is 14.3. The molecular weight excluding hydrogens is 993 g/mol. The summed E-state index contributed by atoms with van der Waals surface area (Å²) in [6.45, 7) is 21.3. The lowest BCUT2D eigenvalue weighted by Crippen LogP contribution is -2.48. The number of piperidine rings is 1. The predicted octanol–water partition coefficient (Wildman–Crippen LogP) is 7.38. The lowest BCUT2D eigenvalue weighted by atomic mass is 9.95. The van der Waals surface area contributed by atoms with Crippen LogP contribution in [-0.4, -0.2) is 175 Å². The summed E-state index contributed by atoms with van der Waals surface area (Å²) in [6, 6.07) is 23.0. The molecule has 0 spiro atoms. The van der Waals surface area contributed by atoms with Crippen molar-refractivity contribution in [2.24, 2.45) is 21.3 Å². The standard InChI is InChI=1S/C57H74N14O7/c1-41(2)50-34-51(54(72)35-52(50)64-75)56(58-4)70(42(3)63-74)47-10-6-43(7-11-47)38-66-23-25-67(26-24-66)39-44-16-21-68(22-17-44)55(73)18-29-76-32-33-77-30-27-65-19-5-20-69-40-46(36-60-69)61-57-59-37-48-12-15-53(71(48)62-57)45-8-13-49(14-9-45)78-31-28-65/h6-15,34-35,37,40-41,44,60,72H,3,5,16-33,36,38-39H2,1-2,4H3,(H,61,62)/b58-56-. The first-order valence-corrected chi connectivity index (χ1v) is 27.3. The minimum atomic E-state index is -0.191. The highest BCUT2D eigenvalue weighted by Gasteiger charge is 2.28. The van der Waals surface area contributed by atoms with Crippen LogP contribution in [0.15, 0.2) is 119 Å². The van der Waals surface area contributed by atoms with E-state index in [2.05, 4.69) is 81.8 Å². The summed E-state index contributed by atoms with van der Waals surface area (Å²) in [5.74, 6) is 2.00. The maximum absolute atomic E-state index is 13.1. The number of hydrogen-bond acceptors (Lipinski definition) is 18. The van der Waals surface area contributed by atoms with E-state index in [-0.39, 0.29) is 34.9 Å². The monoisotopic (exact) mass is 1070 g/mol. The van der Waals surface area contributed by atoms with Crippen molar-refractivity contribution in [1.82, 2.24) is 44.6 Å². The van der Waals surface area contributed by atoms with Gasteiger partial charge in [0.2, 0.25) is 11.9 Å². The van der Waals surface area contributed by atoms with Crippen molar-refractivity contribution in [3.8, 4) is 22.8 Å². The third-order valence-electron chi connectivity index (χ3n) is 15.0. The average molecular weight is 1070 g/mol. The number of likely N-dealkylation sites (tertiary alicyclic amines) is 1. The van der Waals surface area contributed by atoms with Gasteiger partial charge in [-0.2, -0.15) is 0 Å². The zero-order valence-electron chi connectivity index (χ0n) is 45.3. The molecular formula is C57H74N14O7. The summed E-state index contributed by atoms with van der Waals surface area (Å²) < 4.78 is 20.0. The van der Waals surface area contributed by atoms with Gasteiger partial charge in [-0.3, -0.25) is 24.5 Å². The molecule has 0 saturated carbocycles. The van der Waals surface area contributed by atoms with Crippen LogP contribution in [0.4, 0.5) is 17.3 Å². The van der Waals surface area contributed by atoms with Crippen molar-refractivity contribution in [2.45, 2.75) is 52.0 Å². The van der Waals surface area contributed by atoms with Crippen molar-refractivity contribution in [1.29, 1.82) is 0 Å². The zero-order chi connectivity index (χ0) is 54.4. The molecule has 10 rings (SSSR count). The Bertz CT molecular complexity index is 2900. The number of benzene rings is 3. The van der Waals surface area contributed by atoms with Crippen LogP contribution in [0.25, 0.3) is 16.8 Å². The van der Waals surface area contributed by atoms with Crippen LogP contribution in [0, 0.1) is 15.7 Å². The number of ether oxygens (including phenoxy) is 3. The van der Waals surface area contributed by atoms with E-state index in [9.17, 15) is 19.7 Å². The topological polar surface area (TPSA) is 210 Å². The number of amides is 1. The zero-order valence-corrected chi connectivity index (χ0v) is 45.3. The molecule has 5 aliphatic heterocycles. The van der Waals surface area contributed by atoms with Crippen molar-refractivity contribution in [2.75, 3.05) is 129 Å². The van der Waals surface area contributed by atoms with Crippen LogP contribution in [0.1, 0.15) is 62.1 Å². The first-order chi connectivity index (χ1) is 38.0. The van der Waals surface area contributed by atoms with Crippen molar-refractivity contribution in [3.05, 3.63) is 130 Å². The molecule has 2 aromatic heterocycles. The average Bonchev–Trinajstić information content (AvgIpc) is 4.21. The Hall–Kier alpha value is -7.14. The molecule has 0 unspecified atom stereocenters. The Morgan fingerprint density at radius 1 is 0.885 bits per heavy atom. The number of carbonyl (C=O) groups excluding carboxylic acids is 1. The van der Waals surface area contributed by atoms with Crippen LogP contribution in [0.5, 0.6) is 11.5 Å². The lowest BCUT2D eigenvalue weighted by Gasteiger charge is -2.39. The number of nitroso groups, excluding NO2 is 2. The molecule has 21 heteroatoms. The number of carbonyl (C=O) groups is 1. The SMILES string of the molecule is C=C(N=O)N(/C(=N\C)c1cc(C(C)C)c(N=O)cc1O)c1ccc(CN2CCN(CC3CCN(C(=O)CCOCCOCCN4CCCN5C=C(CN5)Nc5ncc6ccc(n6n5)-c5ccc(cc5)OCC4)CC3)CC2)cc1. The number of nitrogens with zero attached hydrogens (tertiary/aromatic N) is 12. The number of anilines is 2. The fraction of sp³-hybridized carbons (Fsp3) is 0.474. The highest BCUT2D eigenvalue weighted by atomic mass is 16.5. The minimum Gasteiger partial charge on any atom is -0.507 e. The fourth-order valence-electron chi connectivity index (χ4n) is 10.6. The normalized spacial score (nSPS) is 17.4. The second-order valence-corrected chi connectivity index (χ2v) is 20.6. The van der Waals surface area contributed by atoms with Crippen molar-refractivity contribution in [3.63, 3.8) is 0 Å². The third-order valence-corrected chi connectivity index (χ3v) is 15.0. The highest BCUT2D eigenvalue weighted by molar-refractivity contribution is 6.13. The fourth-order valence-corrected chi connectivity index (χ4v) is 10.6. The van der Waals surface area contributed by atoms with E-state index in [4.69, 9.17) is 19.3 Å². The van der Waals surface area contributed by atoms with Gasteiger partial charge in [0.1, 0.15) is 29.6 Å². The largest absolute Gasteiger partial charge is 0.507 e. The molecule has 3 N–H and O–H groups in total. The van der Waals surface area contributed by atoms with Gasteiger partial charge in [-0.15, -0.1) is 14.9 Å². The molecule has 0 radical (unpaired) electrons. The van der Waals surface area contributed by atoms with Crippen molar-refractivity contribution >= 4 is 34.6 Å². The molecule has 0 aliphatic carbocycles. The molecule has 5 aromatic rings. The molecule has 0 atom stereocenters. The molecule has 6 bridgehead atoms. The Kier molecular flexibility index (Phi) is 19.2. The van der Waals surface area contributed by atoms with Gasteiger partial charge in [-0.05, 0) is 107 Å². The molecule has 7 heterocycles. The number of aromatic hydroxyl groups is 1. The number of amidine groups is 1. The molecule has 5 aliphatic rings.